The van der Waals surface area contributed by atoms with Crippen molar-refractivity contribution in [1.29, 1.82) is 0 Å². The van der Waals surface area contributed by atoms with Gasteiger partial charge in [0.05, 0.1) is 5.02 Å². The van der Waals surface area contributed by atoms with E-state index in [1.807, 2.05) is 6.07 Å². The number of benzene rings is 1. The van der Waals surface area contributed by atoms with Crippen LogP contribution in [0, 0.1) is 5.82 Å². The van der Waals surface area contributed by atoms with Crippen LogP contribution in [-0.4, -0.2) is 6.04 Å². The largest absolute Gasteiger partial charge is 0.310 e. The molecule has 0 aromatic heterocycles. The Balaban J connectivity index is 2.38. The number of nitrogens with one attached hydrogen (secondary N) is 1. The van der Waals surface area contributed by atoms with E-state index in [1.54, 1.807) is 6.07 Å². The van der Waals surface area contributed by atoms with Gasteiger partial charge in [-0.1, -0.05) is 24.6 Å². The van der Waals surface area contributed by atoms with Gasteiger partial charge in [0, 0.05) is 12.6 Å². The van der Waals surface area contributed by atoms with E-state index < -0.39 is 0 Å². The molecule has 1 atom stereocenters. The molecule has 0 fully saturated rings. The van der Waals surface area contributed by atoms with E-state index in [-0.39, 0.29) is 10.8 Å². The van der Waals surface area contributed by atoms with Gasteiger partial charge in [-0.25, -0.2) is 4.39 Å². The van der Waals surface area contributed by atoms with Gasteiger partial charge in [0.25, 0.3) is 0 Å². The van der Waals surface area contributed by atoms with E-state index in [2.05, 4.69) is 12.2 Å². The standard InChI is InChI=1S/C11H13ClFN/c1-2-8-5-9-7(6-14-8)3-4-10(12)11(9)13/h3-4,8,14H,2,5-6H2,1H3. The van der Waals surface area contributed by atoms with E-state index in [1.165, 1.54) is 0 Å². The first-order valence-electron chi connectivity index (χ1n) is 4.91. The minimum atomic E-state index is -0.232. The Morgan fingerprint density at radius 3 is 3.07 bits per heavy atom. The van der Waals surface area contributed by atoms with Crippen LogP contribution in [0.5, 0.6) is 0 Å². The third-order valence-electron chi connectivity index (χ3n) is 2.82. The summed E-state index contributed by atoms with van der Waals surface area (Å²) >= 11 is 5.74. The lowest BCUT2D eigenvalue weighted by molar-refractivity contribution is 0.452. The van der Waals surface area contributed by atoms with Crippen molar-refractivity contribution >= 4 is 11.6 Å². The summed E-state index contributed by atoms with van der Waals surface area (Å²) in [6, 6.07) is 3.92. The van der Waals surface area contributed by atoms with E-state index in [4.69, 9.17) is 11.6 Å². The van der Waals surface area contributed by atoms with Gasteiger partial charge in [-0.15, -0.1) is 0 Å². The maximum atomic E-state index is 13.6. The minimum Gasteiger partial charge on any atom is -0.310 e. The highest BCUT2D eigenvalue weighted by molar-refractivity contribution is 6.30. The molecule has 2 rings (SSSR count). The van der Waals surface area contributed by atoms with Crippen LogP contribution in [0.3, 0.4) is 0 Å². The number of hydrogen-bond acceptors (Lipinski definition) is 1. The summed E-state index contributed by atoms with van der Waals surface area (Å²) in [5, 5.41) is 3.60. The molecule has 76 valence electrons. The normalized spacial score (nSPS) is 20.6. The molecule has 0 radical (unpaired) electrons. The maximum absolute atomic E-state index is 13.6. The van der Waals surface area contributed by atoms with Crippen molar-refractivity contribution in [1.82, 2.24) is 5.32 Å². The fraction of sp³-hybridized carbons (Fsp3) is 0.455. The van der Waals surface area contributed by atoms with Crippen molar-refractivity contribution in [2.75, 3.05) is 0 Å². The summed E-state index contributed by atoms with van der Waals surface area (Å²) in [6.45, 7) is 2.85. The SMILES string of the molecule is CCC1Cc2c(ccc(Cl)c2F)CN1. The van der Waals surface area contributed by atoms with Crippen molar-refractivity contribution in [2.45, 2.75) is 32.4 Å². The third kappa shape index (κ3) is 1.64. The van der Waals surface area contributed by atoms with Crippen molar-refractivity contribution < 1.29 is 4.39 Å². The molecule has 1 aliphatic rings. The summed E-state index contributed by atoms with van der Waals surface area (Å²) in [4.78, 5) is 0. The Labute approximate surface area is 88.3 Å². The van der Waals surface area contributed by atoms with Gasteiger partial charge in [-0.2, -0.15) is 0 Å². The molecule has 0 amide bonds. The maximum Gasteiger partial charge on any atom is 0.145 e. The molecular weight excluding hydrogens is 201 g/mol. The summed E-state index contributed by atoms with van der Waals surface area (Å²) in [7, 11) is 0. The average Bonchev–Trinajstić information content (AvgIpc) is 2.23. The van der Waals surface area contributed by atoms with Gasteiger partial charge in [0.2, 0.25) is 0 Å². The Morgan fingerprint density at radius 1 is 1.57 bits per heavy atom. The van der Waals surface area contributed by atoms with Crippen LogP contribution in [0.4, 0.5) is 4.39 Å². The van der Waals surface area contributed by atoms with Crippen molar-refractivity contribution in [3.8, 4) is 0 Å². The number of fused-ring (bicyclic) bond motifs is 1. The molecule has 0 saturated carbocycles. The van der Waals surface area contributed by atoms with E-state index in [9.17, 15) is 4.39 Å². The lowest BCUT2D eigenvalue weighted by Crippen LogP contribution is -2.35. The molecule has 1 unspecified atom stereocenters. The lowest BCUT2D eigenvalue weighted by atomic mass is 9.94. The summed E-state index contributed by atoms with van der Waals surface area (Å²) in [5.74, 6) is -0.232. The molecule has 3 heteroatoms. The topological polar surface area (TPSA) is 12.0 Å². The Bertz CT molecular complexity index is 351. The second-order valence-corrected chi connectivity index (χ2v) is 4.10. The number of hydrogen-bond donors (Lipinski definition) is 1. The van der Waals surface area contributed by atoms with Gasteiger partial charge >= 0.3 is 0 Å². The number of rotatable bonds is 1. The van der Waals surface area contributed by atoms with Crippen molar-refractivity contribution in [3.05, 3.63) is 34.1 Å². The van der Waals surface area contributed by atoms with Crippen LogP contribution >= 0.6 is 11.6 Å². The molecule has 0 aliphatic carbocycles. The highest BCUT2D eigenvalue weighted by Crippen LogP contribution is 2.26. The molecule has 1 nitrogen and oxygen atoms in total. The fourth-order valence-corrected chi connectivity index (χ4v) is 2.06. The molecular formula is C11H13ClFN. The van der Waals surface area contributed by atoms with Crippen molar-refractivity contribution in [3.63, 3.8) is 0 Å². The van der Waals surface area contributed by atoms with E-state index in [0.717, 1.165) is 30.5 Å². The van der Waals surface area contributed by atoms with Gasteiger partial charge in [0.15, 0.2) is 0 Å². The smallest absolute Gasteiger partial charge is 0.145 e. The Morgan fingerprint density at radius 2 is 2.36 bits per heavy atom. The minimum absolute atomic E-state index is 0.232. The first-order chi connectivity index (χ1) is 6.72. The second kappa shape index (κ2) is 3.87. The third-order valence-corrected chi connectivity index (χ3v) is 3.11. The average molecular weight is 214 g/mol. The Kier molecular flexibility index (Phi) is 2.75. The highest BCUT2D eigenvalue weighted by Gasteiger charge is 2.20. The zero-order valence-corrected chi connectivity index (χ0v) is 8.87. The predicted molar refractivity (Wildman–Crippen MR) is 56.0 cm³/mol. The Hall–Kier alpha value is -0.600. The van der Waals surface area contributed by atoms with Crippen LogP contribution in [0.25, 0.3) is 0 Å². The monoisotopic (exact) mass is 213 g/mol. The molecule has 1 N–H and O–H groups in total. The lowest BCUT2D eigenvalue weighted by Gasteiger charge is -2.25. The molecule has 0 bridgehead atoms. The molecule has 0 spiro atoms. The second-order valence-electron chi connectivity index (χ2n) is 3.69. The molecule has 1 aromatic rings. The van der Waals surface area contributed by atoms with Gasteiger partial charge in [-0.3, -0.25) is 0 Å². The first-order valence-corrected chi connectivity index (χ1v) is 5.29. The van der Waals surface area contributed by atoms with Gasteiger partial charge < -0.3 is 5.32 Å². The quantitative estimate of drug-likeness (QED) is 0.757. The predicted octanol–water partition coefficient (Wildman–Crippen LogP) is 2.90. The van der Waals surface area contributed by atoms with Crippen LogP contribution in [0.1, 0.15) is 24.5 Å². The van der Waals surface area contributed by atoms with Crippen molar-refractivity contribution in [2.24, 2.45) is 0 Å². The number of halogens is 2. The molecule has 0 saturated heterocycles. The summed E-state index contributed by atoms with van der Waals surface area (Å²) in [5.41, 5.74) is 1.83. The highest BCUT2D eigenvalue weighted by atomic mass is 35.5. The molecule has 1 aromatic carbocycles. The van der Waals surface area contributed by atoms with Crippen LogP contribution in [0.15, 0.2) is 12.1 Å². The zero-order valence-electron chi connectivity index (χ0n) is 8.11. The molecule has 14 heavy (non-hydrogen) atoms. The van der Waals surface area contributed by atoms with Crippen LogP contribution in [-0.2, 0) is 13.0 Å². The van der Waals surface area contributed by atoms with Gasteiger partial charge in [-0.05, 0) is 30.0 Å². The van der Waals surface area contributed by atoms with Gasteiger partial charge in [0.1, 0.15) is 5.82 Å². The van der Waals surface area contributed by atoms with Crippen LogP contribution < -0.4 is 5.32 Å². The van der Waals surface area contributed by atoms with E-state index in [0.29, 0.717) is 6.04 Å². The summed E-state index contributed by atoms with van der Waals surface area (Å²) in [6.07, 6.45) is 1.77. The summed E-state index contributed by atoms with van der Waals surface area (Å²) < 4.78 is 13.6. The molecule has 1 heterocycles. The zero-order chi connectivity index (χ0) is 10.1. The van der Waals surface area contributed by atoms with Crippen LogP contribution in [0.2, 0.25) is 5.02 Å². The first kappa shape index (κ1) is 9.94. The van der Waals surface area contributed by atoms with E-state index >= 15 is 0 Å². The molecule has 1 aliphatic heterocycles. The fourth-order valence-electron chi connectivity index (χ4n) is 1.88.